The number of ether oxygens (including phenoxy) is 1. The fraction of sp³-hybridized carbons (Fsp3) is 0.133. The monoisotopic (exact) mass is 464 g/mol. The van der Waals surface area contributed by atoms with E-state index >= 15 is 0 Å². The zero-order valence-electron chi connectivity index (χ0n) is 19.6. The number of carbonyl (C=O) groups is 2. The first-order valence-electron chi connectivity index (χ1n) is 11.6. The van der Waals surface area contributed by atoms with Gasteiger partial charge in [0.1, 0.15) is 5.75 Å². The molecule has 0 aromatic heterocycles. The highest BCUT2D eigenvalue weighted by atomic mass is 16.5. The van der Waals surface area contributed by atoms with E-state index in [2.05, 4.69) is 22.8 Å². The molecular formula is C30H28N2O3. The average molecular weight is 465 g/mol. The molecule has 0 bridgehead atoms. The third kappa shape index (κ3) is 6.81. The van der Waals surface area contributed by atoms with Crippen LogP contribution in [0.1, 0.15) is 44.8 Å². The Hall–Kier alpha value is -4.38. The van der Waals surface area contributed by atoms with Gasteiger partial charge in [-0.3, -0.25) is 9.59 Å². The summed E-state index contributed by atoms with van der Waals surface area (Å²) < 4.78 is 5.79. The lowest BCUT2D eigenvalue weighted by Gasteiger charge is -2.15. The van der Waals surface area contributed by atoms with E-state index < -0.39 is 0 Å². The summed E-state index contributed by atoms with van der Waals surface area (Å²) in [4.78, 5) is 25.4. The highest BCUT2D eigenvalue weighted by molar-refractivity contribution is 6.05. The maximum Gasteiger partial charge on any atom is 0.255 e. The molecule has 2 amide bonds. The van der Waals surface area contributed by atoms with Crippen molar-refractivity contribution in [1.29, 1.82) is 0 Å². The minimum atomic E-state index is -0.254. The summed E-state index contributed by atoms with van der Waals surface area (Å²) >= 11 is 0. The molecule has 0 aliphatic rings. The highest BCUT2D eigenvalue weighted by Gasteiger charge is 2.13. The van der Waals surface area contributed by atoms with Crippen molar-refractivity contribution in [2.45, 2.75) is 19.4 Å². The quantitative estimate of drug-likeness (QED) is 0.317. The largest absolute Gasteiger partial charge is 0.493 e. The Morgan fingerprint density at radius 1 is 0.743 bits per heavy atom. The molecule has 1 atom stereocenters. The van der Waals surface area contributed by atoms with Crippen LogP contribution in [0.3, 0.4) is 0 Å². The van der Waals surface area contributed by atoms with Crippen LogP contribution >= 0.6 is 0 Å². The van der Waals surface area contributed by atoms with E-state index in [0.29, 0.717) is 29.2 Å². The van der Waals surface area contributed by atoms with Crippen LogP contribution in [0.15, 0.2) is 109 Å². The summed E-state index contributed by atoms with van der Waals surface area (Å²) in [6, 6.07) is 33.7. The molecule has 5 heteroatoms. The normalized spacial score (nSPS) is 11.3. The molecule has 35 heavy (non-hydrogen) atoms. The summed E-state index contributed by atoms with van der Waals surface area (Å²) in [5.74, 6) is 0.259. The number of amides is 2. The number of benzene rings is 4. The van der Waals surface area contributed by atoms with Crippen LogP contribution in [0.5, 0.6) is 5.75 Å². The molecule has 176 valence electrons. The third-order valence-corrected chi connectivity index (χ3v) is 5.65. The Morgan fingerprint density at radius 3 is 2.14 bits per heavy atom. The fourth-order valence-corrected chi connectivity index (χ4v) is 3.68. The van der Waals surface area contributed by atoms with Crippen molar-refractivity contribution in [3.8, 4) is 5.75 Å². The fourth-order valence-electron chi connectivity index (χ4n) is 3.68. The first kappa shape index (κ1) is 23.8. The van der Waals surface area contributed by atoms with Gasteiger partial charge in [-0.1, -0.05) is 66.7 Å². The molecular weight excluding hydrogens is 436 g/mol. The van der Waals surface area contributed by atoms with Gasteiger partial charge in [0.25, 0.3) is 11.8 Å². The summed E-state index contributed by atoms with van der Waals surface area (Å²) in [6.45, 7) is 2.50. The Morgan fingerprint density at radius 2 is 1.43 bits per heavy atom. The Balaban J connectivity index is 1.31. The maximum absolute atomic E-state index is 12.7. The van der Waals surface area contributed by atoms with Crippen molar-refractivity contribution in [2.24, 2.45) is 0 Å². The third-order valence-electron chi connectivity index (χ3n) is 5.65. The van der Waals surface area contributed by atoms with Gasteiger partial charge in [0, 0.05) is 23.2 Å². The minimum absolute atomic E-state index is 0.129. The molecule has 0 aliphatic carbocycles. The average Bonchev–Trinajstić information content (AvgIpc) is 2.90. The Kier molecular flexibility index (Phi) is 7.92. The first-order valence-corrected chi connectivity index (χ1v) is 11.6. The van der Waals surface area contributed by atoms with E-state index in [1.807, 2.05) is 55.5 Å². The van der Waals surface area contributed by atoms with E-state index in [1.165, 1.54) is 5.56 Å². The van der Waals surface area contributed by atoms with Gasteiger partial charge < -0.3 is 15.4 Å². The number of carbonyl (C=O) groups excluding carboxylic acids is 2. The lowest BCUT2D eigenvalue weighted by Crippen LogP contribution is -2.26. The van der Waals surface area contributed by atoms with Crippen molar-refractivity contribution < 1.29 is 14.3 Å². The van der Waals surface area contributed by atoms with E-state index in [1.54, 1.807) is 48.5 Å². The van der Waals surface area contributed by atoms with Crippen LogP contribution < -0.4 is 15.4 Å². The van der Waals surface area contributed by atoms with E-state index in [9.17, 15) is 9.59 Å². The molecule has 0 aliphatic heterocycles. The summed E-state index contributed by atoms with van der Waals surface area (Å²) in [6.07, 6.45) is 0.817. The highest BCUT2D eigenvalue weighted by Crippen LogP contribution is 2.17. The number of hydrogen-bond donors (Lipinski definition) is 2. The van der Waals surface area contributed by atoms with Crippen LogP contribution in [-0.4, -0.2) is 18.4 Å². The smallest absolute Gasteiger partial charge is 0.255 e. The minimum Gasteiger partial charge on any atom is -0.493 e. The second kappa shape index (κ2) is 11.7. The zero-order valence-corrected chi connectivity index (χ0v) is 19.6. The zero-order chi connectivity index (χ0) is 24.5. The number of nitrogens with one attached hydrogen (secondary N) is 2. The van der Waals surface area contributed by atoms with Gasteiger partial charge in [0.2, 0.25) is 0 Å². The summed E-state index contributed by atoms with van der Waals surface area (Å²) in [7, 11) is 0. The summed E-state index contributed by atoms with van der Waals surface area (Å²) in [5, 5.41) is 5.86. The van der Waals surface area contributed by atoms with Crippen LogP contribution in [0.25, 0.3) is 0 Å². The predicted molar refractivity (Wildman–Crippen MR) is 139 cm³/mol. The molecule has 0 heterocycles. The second-order valence-corrected chi connectivity index (χ2v) is 8.25. The molecule has 0 radical (unpaired) electrons. The van der Waals surface area contributed by atoms with Crippen molar-refractivity contribution >= 4 is 17.5 Å². The standard InChI is InChI=1S/C30H28N2O3/c1-22(24-11-6-3-7-12-24)31-30(34)26-13-8-14-27(21-26)32-29(33)25-15-17-28(18-16-25)35-20-19-23-9-4-2-5-10-23/h2-18,21-22H,19-20H2,1H3,(H,31,34)(H,32,33). The molecule has 5 nitrogen and oxygen atoms in total. The lowest BCUT2D eigenvalue weighted by molar-refractivity contribution is 0.0938. The van der Waals surface area contributed by atoms with E-state index in [0.717, 1.165) is 12.0 Å². The lowest BCUT2D eigenvalue weighted by atomic mass is 10.1. The number of anilines is 1. The van der Waals surface area contributed by atoms with Crippen molar-refractivity contribution in [3.63, 3.8) is 0 Å². The van der Waals surface area contributed by atoms with E-state index in [-0.39, 0.29) is 17.9 Å². The number of rotatable bonds is 9. The molecule has 4 aromatic carbocycles. The predicted octanol–water partition coefficient (Wildman–Crippen LogP) is 6.05. The molecule has 1 unspecified atom stereocenters. The van der Waals surface area contributed by atoms with E-state index in [4.69, 9.17) is 4.74 Å². The molecule has 0 spiro atoms. The van der Waals surface area contributed by atoms with Gasteiger partial charge in [-0.2, -0.15) is 0 Å². The molecule has 0 fully saturated rings. The van der Waals surface area contributed by atoms with Crippen molar-refractivity contribution in [2.75, 3.05) is 11.9 Å². The maximum atomic E-state index is 12.7. The first-order chi connectivity index (χ1) is 17.1. The molecule has 4 rings (SSSR count). The molecule has 0 saturated heterocycles. The van der Waals surface area contributed by atoms with Crippen LogP contribution in [0.4, 0.5) is 5.69 Å². The van der Waals surface area contributed by atoms with Gasteiger partial charge in [0.15, 0.2) is 0 Å². The molecule has 2 N–H and O–H groups in total. The number of hydrogen-bond acceptors (Lipinski definition) is 3. The molecule has 4 aromatic rings. The van der Waals surface area contributed by atoms with Crippen molar-refractivity contribution in [3.05, 3.63) is 131 Å². The molecule has 0 saturated carbocycles. The SMILES string of the molecule is CC(NC(=O)c1cccc(NC(=O)c2ccc(OCCc3ccccc3)cc2)c1)c1ccccc1. The van der Waals surface area contributed by atoms with Crippen LogP contribution in [0.2, 0.25) is 0 Å². The van der Waals surface area contributed by atoms with Gasteiger partial charge in [-0.25, -0.2) is 0 Å². The van der Waals surface area contributed by atoms with Gasteiger partial charge in [-0.05, 0) is 60.5 Å². The van der Waals surface area contributed by atoms with Crippen molar-refractivity contribution in [1.82, 2.24) is 5.32 Å². The Bertz CT molecular complexity index is 1260. The second-order valence-electron chi connectivity index (χ2n) is 8.25. The summed E-state index contributed by atoms with van der Waals surface area (Å²) in [5.41, 5.74) is 3.78. The van der Waals surface area contributed by atoms with Crippen LogP contribution in [0, 0.1) is 0 Å². The van der Waals surface area contributed by atoms with Gasteiger partial charge >= 0.3 is 0 Å². The van der Waals surface area contributed by atoms with Gasteiger partial charge in [-0.15, -0.1) is 0 Å². The van der Waals surface area contributed by atoms with Crippen LogP contribution in [-0.2, 0) is 6.42 Å². The van der Waals surface area contributed by atoms with Gasteiger partial charge in [0.05, 0.1) is 12.6 Å². The topological polar surface area (TPSA) is 67.4 Å². The Labute approximate surface area is 205 Å².